The largest absolute Gasteiger partial charge is 0.315 e. The zero-order chi connectivity index (χ0) is 9.47. The lowest BCUT2D eigenvalue weighted by molar-refractivity contribution is 0.387. The summed E-state index contributed by atoms with van der Waals surface area (Å²) in [6.07, 6.45) is 2.65. The minimum absolute atomic E-state index is 0.0712. The molecule has 1 aliphatic carbocycles. The van der Waals surface area contributed by atoms with Crippen LogP contribution in [0, 0.1) is 0 Å². The molecule has 0 bridgehead atoms. The number of nitrogens with one attached hydrogen (secondary N) is 1. The van der Waals surface area contributed by atoms with Gasteiger partial charge in [-0.1, -0.05) is 0 Å². The molecule has 1 N–H and O–H groups in total. The van der Waals surface area contributed by atoms with E-state index in [1.807, 2.05) is 0 Å². The normalized spacial score (nSPS) is 29.8. The van der Waals surface area contributed by atoms with Gasteiger partial charge in [0, 0.05) is 19.6 Å². The molecule has 0 spiro atoms. The molecule has 1 saturated heterocycles. The van der Waals surface area contributed by atoms with E-state index in [2.05, 4.69) is 5.32 Å². The van der Waals surface area contributed by atoms with E-state index in [1.165, 1.54) is 0 Å². The van der Waals surface area contributed by atoms with Gasteiger partial charge >= 0.3 is 0 Å². The van der Waals surface area contributed by atoms with E-state index in [1.54, 1.807) is 11.4 Å². The summed E-state index contributed by atoms with van der Waals surface area (Å²) in [4.78, 5) is 0. The van der Waals surface area contributed by atoms with Crippen LogP contribution in [0.3, 0.4) is 0 Å². The quantitative estimate of drug-likeness (QED) is 0.691. The van der Waals surface area contributed by atoms with Crippen molar-refractivity contribution in [2.45, 2.75) is 30.6 Å². The molecule has 2 fully saturated rings. The van der Waals surface area contributed by atoms with Crippen LogP contribution in [0.5, 0.6) is 0 Å². The van der Waals surface area contributed by atoms with Crippen LogP contribution in [-0.2, 0) is 10.0 Å². The Morgan fingerprint density at radius 3 is 2.46 bits per heavy atom. The Morgan fingerprint density at radius 1 is 1.31 bits per heavy atom. The molecule has 1 aliphatic heterocycles. The van der Waals surface area contributed by atoms with Crippen LogP contribution in [0.25, 0.3) is 0 Å². The molecule has 76 valence electrons. The molecule has 13 heavy (non-hydrogen) atoms. The van der Waals surface area contributed by atoms with Crippen LogP contribution in [0.2, 0.25) is 0 Å². The van der Waals surface area contributed by atoms with Gasteiger partial charge in [-0.2, -0.15) is 0 Å². The number of hydrogen-bond acceptors (Lipinski definition) is 3. The zero-order valence-electron chi connectivity index (χ0n) is 7.86. The highest BCUT2D eigenvalue weighted by Gasteiger charge is 2.41. The summed E-state index contributed by atoms with van der Waals surface area (Å²) in [7, 11) is -1.24. The van der Waals surface area contributed by atoms with Crippen molar-refractivity contribution in [3.63, 3.8) is 0 Å². The summed E-state index contributed by atoms with van der Waals surface area (Å²) in [6, 6.07) is 0.186. The highest BCUT2D eigenvalue weighted by Crippen LogP contribution is 2.31. The summed E-state index contributed by atoms with van der Waals surface area (Å²) in [6.45, 7) is 1.75. The predicted molar refractivity (Wildman–Crippen MR) is 51.0 cm³/mol. The van der Waals surface area contributed by atoms with E-state index in [0.717, 1.165) is 32.4 Å². The summed E-state index contributed by atoms with van der Waals surface area (Å²) in [5.41, 5.74) is 0. The first-order valence-corrected chi connectivity index (χ1v) is 6.30. The van der Waals surface area contributed by atoms with Gasteiger partial charge in [0.05, 0.1) is 5.25 Å². The summed E-state index contributed by atoms with van der Waals surface area (Å²) < 4.78 is 25.1. The first-order chi connectivity index (χ1) is 6.12. The average molecular weight is 204 g/mol. The Kier molecular flexibility index (Phi) is 2.33. The lowest BCUT2D eigenvalue weighted by atomic mass is 10.3. The minimum Gasteiger partial charge on any atom is -0.315 e. The van der Waals surface area contributed by atoms with Crippen LogP contribution in [0.4, 0.5) is 0 Å². The first kappa shape index (κ1) is 9.43. The zero-order valence-corrected chi connectivity index (χ0v) is 8.68. The number of likely N-dealkylation sites (N-methyl/N-ethyl adjacent to an activating group) is 1. The highest BCUT2D eigenvalue weighted by atomic mass is 32.2. The Bertz CT molecular complexity index is 279. The molecular formula is C8H16N2O2S. The van der Waals surface area contributed by atoms with Crippen molar-refractivity contribution in [1.82, 2.24) is 9.62 Å². The van der Waals surface area contributed by atoms with Crippen LogP contribution >= 0.6 is 0 Å². The molecule has 1 heterocycles. The van der Waals surface area contributed by atoms with E-state index in [4.69, 9.17) is 0 Å². The van der Waals surface area contributed by atoms with Crippen molar-refractivity contribution in [2.75, 3.05) is 20.1 Å². The molecule has 4 nitrogen and oxygen atoms in total. The Balaban J connectivity index is 2.06. The van der Waals surface area contributed by atoms with Gasteiger partial charge < -0.3 is 5.32 Å². The fraction of sp³-hybridized carbons (Fsp3) is 1.00. The van der Waals surface area contributed by atoms with Crippen molar-refractivity contribution >= 4 is 10.0 Å². The molecule has 2 aliphatic rings. The molecular weight excluding hydrogens is 188 g/mol. The van der Waals surface area contributed by atoms with Gasteiger partial charge in [0.15, 0.2) is 0 Å². The second-order valence-electron chi connectivity index (χ2n) is 3.91. The van der Waals surface area contributed by atoms with E-state index >= 15 is 0 Å². The molecule has 2 rings (SSSR count). The lowest BCUT2D eigenvalue weighted by Gasteiger charge is -2.22. The maximum absolute atomic E-state index is 11.8. The minimum atomic E-state index is -2.96. The van der Waals surface area contributed by atoms with Gasteiger partial charge in [-0.3, -0.25) is 0 Å². The average Bonchev–Trinajstić information content (AvgIpc) is 2.82. The topological polar surface area (TPSA) is 49.4 Å². The van der Waals surface area contributed by atoms with Gasteiger partial charge in [0.2, 0.25) is 10.0 Å². The number of nitrogens with zero attached hydrogens (tertiary/aromatic N) is 1. The van der Waals surface area contributed by atoms with E-state index < -0.39 is 10.0 Å². The van der Waals surface area contributed by atoms with Crippen molar-refractivity contribution in [1.29, 1.82) is 0 Å². The highest BCUT2D eigenvalue weighted by molar-refractivity contribution is 7.90. The van der Waals surface area contributed by atoms with Gasteiger partial charge in [0.1, 0.15) is 0 Å². The summed E-state index contributed by atoms with van der Waals surface area (Å²) in [5, 5.41) is 3.11. The second kappa shape index (κ2) is 3.22. The third-order valence-corrected chi connectivity index (χ3v) is 5.31. The second-order valence-corrected chi connectivity index (χ2v) is 6.18. The molecule has 0 radical (unpaired) electrons. The van der Waals surface area contributed by atoms with E-state index in [9.17, 15) is 8.42 Å². The number of hydrogen-bond donors (Lipinski definition) is 1. The van der Waals surface area contributed by atoms with Crippen molar-refractivity contribution in [2.24, 2.45) is 0 Å². The first-order valence-electron chi connectivity index (χ1n) is 4.80. The van der Waals surface area contributed by atoms with Crippen molar-refractivity contribution < 1.29 is 8.42 Å². The SMILES string of the molecule is CN(C1CCNC1)S(=O)(=O)C1CC1. The fourth-order valence-electron chi connectivity index (χ4n) is 1.76. The van der Waals surface area contributed by atoms with Crippen LogP contribution in [0.15, 0.2) is 0 Å². The molecule has 5 heteroatoms. The smallest absolute Gasteiger partial charge is 0.217 e. The molecule has 1 saturated carbocycles. The molecule has 0 aromatic rings. The fourth-order valence-corrected chi connectivity index (χ4v) is 3.56. The standard InChI is InChI=1S/C8H16N2O2S/c1-10(7-4-5-9-6-7)13(11,12)8-2-3-8/h7-9H,2-6H2,1H3. The maximum Gasteiger partial charge on any atom is 0.217 e. The van der Waals surface area contributed by atoms with Gasteiger partial charge in [-0.15, -0.1) is 0 Å². The van der Waals surface area contributed by atoms with E-state index in [-0.39, 0.29) is 11.3 Å². The van der Waals surface area contributed by atoms with Crippen LogP contribution in [0.1, 0.15) is 19.3 Å². The van der Waals surface area contributed by atoms with Crippen LogP contribution in [-0.4, -0.2) is 44.2 Å². The maximum atomic E-state index is 11.8. The third-order valence-electron chi connectivity index (χ3n) is 2.90. The molecule has 0 amide bonds. The van der Waals surface area contributed by atoms with Crippen molar-refractivity contribution in [3.8, 4) is 0 Å². The monoisotopic (exact) mass is 204 g/mol. The van der Waals surface area contributed by atoms with Gasteiger partial charge in [0.25, 0.3) is 0 Å². The molecule has 0 aromatic carbocycles. The van der Waals surface area contributed by atoms with Gasteiger partial charge in [-0.05, 0) is 25.8 Å². The predicted octanol–water partition coefficient (Wildman–Crippen LogP) is -0.228. The Hall–Kier alpha value is -0.130. The summed E-state index contributed by atoms with van der Waals surface area (Å²) >= 11 is 0. The summed E-state index contributed by atoms with van der Waals surface area (Å²) in [5.74, 6) is 0. The van der Waals surface area contributed by atoms with E-state index in [0.29, 0.717) is 0 Å². The molecule has 1 unspecified atom stereocenters. The number of rotatable bonds is 3. The third kappa shape index (κ3) is 1.73. The molecule has 0 aromatic heterocycles. The molecule has 1 atom stereocenters. The van der Waals surface area contributed by atoms with Crippen molar-refractivity contribution in [3.05, 3.63) is 0 Å². The Labute approximate surface area is 79.4 Å². The van der Waals surface area contributed by atoms with Crippen LogP contribution < -0.4 is 5.32 Å². The lowest BCUT2D eigenvalue weighted by Crippen LogP contribution is -2.40. The van der Waals surface area contributed by atoms with Gasteiger partial charge in [-0.25, -0.2) is 12.7 Å². The number of sulfonamides is 1. The Morgan fingerprint density at radius 2 is 2.00 bits per heavy atom.